The fourth-order valence-corrected chi connectivity index (χ4v) is 3.93. The summed E-state index contributed by atoms with van der Waals surface area (Å²) in [6, 6.07) is 13.3. The number of carbonyl (C=O) groups is 2. The number of benzene rings is 2. The predicted octanol–water partition coefficient (Wildman–Crippen LogP) is 4.04. The van der Waals surface area contributed by atoms with E-state index in [0.717, 1.165) is 31.2 Å². The Morgan fingerprint density at radius 2 is 1.83 bits per heavy atom. The molecule has 1 aromatic heterocycles. The molecule has 0 radical (unpaired) electrons. The van der Waals surface area contributed by atoms with Gasteiger partial charge in [-0.25, -0.2) is 0 Å². The molecule has 188 valence electrons. The van der Waals surface area contributed by atoms with Crippen molar-refractivity contribution >= 4 is 24.3 Å². The molecule has 0 amide bonds. The van der Waals surface area contributed by atoms with Crippen molar-refractivity contribution in [2.45, 2.75) is 50.8 Å². The van der Waals surface area contributed by atoms with Crippen molar-refractivity contribution in [3.8, 4) is 34.7 Å². The molecule has 1 heterocycles. The molecule has 0 spiro atoms. The van der Waals surface area contributed by atoms with Crippen LogP contribution in [0.15, 0.2) is 47.0 Å². The molecule has 1 aliphatic rings. The molecule has 2 aromatic carbocycles. The minimum atomic E-state index is -1.22. The number of nitriles is 1. The van der Waals surface area contributed by atoms with E-state index in [1.807, 2.05) is 0 Å². The van der Waals surface area contributed by atoms with Crippen molar-refractivity contribution in [2.75, 3.05) is 0 Å². The summed E-state index contributed by atoms with van der Waals surface area (Å²) in [5, 5.41) is 34.3. The van der Waals surface area contributed by atoms with E-state index in [1.54, 1.807) is 42.5 Å². The molecular formula is C25H25ClN4O6. The number of carboxylic acid groups (broad SMARTS) is 2. The largest absolute Gasteiger partial charge is 0.489 e. The Morgan fingerprint density at radius 3 is 2.47 bits per heavy atom. The number of halogens is 1. The van der Waals surface area contributed by atoms with Crippen LogP contribution in [0.2, 0.25) is 0 Å². The van der Waals surface area contributed by atoms with E-state index in [4.69, 9.17) is 19.5 Å². The molecule has 1 saturated carbocycles. The summed E-state index contributed by atoms with van der Waals surface area (Å²) in [5.41, 5.74) is 2.47. The summed E-state index contributed by atoms with van der Waals surface area (Å²) < 4.78 is 11.4. The molecule has 11 heteroatoms. The average Bonchev–Trinajstić information content (AvgIpc) is 3.54. The monoisotopic (exact) mass is 512 g/mol. The summed E-state index contributed by atoms with van der Waals surface area (Å²) in [6.45, 7) is 0.189. The molecule has 0 aliphatic heterocycles. The average molecular weight is 513 g/mol. The Labute approximate surface area is 213 Å². The van der Waals surface area contributed by atoms with Crippen LogP contribution in [0.25, 0.3) is 22.8 Å². The van der Waals surface area contributed by atoms with Crippen LogP contribution in [0, 0.1) is 11.3 Å². The fourth-order valence-electron chi connectivity index (χ4n) is 3.93. The molecule has 1 fully saturated rings. The van der Waals surface area contributed by atoms with Crippen molar-refractivity contribution in [2.24, 2.45) is 0 Å². The van der Waals surface area contributed by atoms with Crippen molar-refractivity contribution < 1.29 is 29.1 Å². The topological polar surface area (TPSA) is 159 Å². The van der Waals surface area contributed by atoms with Gasteiger partial charge < -0.3 is 19.5 Å². The van der Waals surface area contributed by atoms with Crippen molar-refractivity contribution in [3.63, 3.8) is 0 Å². The zero-order valence-electron chi connectivity index (χ0n) is 19.2. The Bertz CT molecular complexity index is 1250. The van der Waals surface area contributed by atoms with Gasteiger partial charge in [-0.15, -0.1) is 12.4 Å². The number of nitrogens with one attached hydrogen (secondary N) is 1. The van der Waals surface area contributed by atoms with E-state index in [1.165, 1.54) is 0 Å². The van der Waals surface area contributed by atoms with Gasteiger partial charge in [0.2, 0.25) is 5.82 Å². The first kappa shape index (κ1) is 26.7. The molecule has 1 aliphatic carbocycles. The van der Waals surface area contributed by atoms with Crippen LogP contribution >= 0.6 is 12.4 Å². The predicted molar refractivity (Wildman–Crippen MR) is 131 cm³/mol. The van der Waals surface area contributed by atoms with E-state index in [-0.39, 0.29) is 30.9 Å². The highest BCUT2D eigenvalue weighted by atomic mass is 35.5. The van der Waals surface area contributed by atoms with Gasteiger partial charge in [0.1, 0.15) is 17.9 Å². The number of hydrogen-bond donors (Lipinski definition) is 3. The molecular weight excluding hydrogens is 488 g/mol. The second kappa shape index (κ2) is 12.2. The van der Waals surface area contributed by atoms with Crippen LogP contribution in [0.4, 0.5) is 0 Å². The fraction of sp³-hybridized carbons (Fsp3) is 0.320. The van der Waals surface area contributed by atoms with Gasteiger partial charge in [0.25, 0.3) is 5.89 Å². The normalized spacial score (nSPS) is 14.0. The highest BCUT2D eigenvalue weighted by Crippen LogP contribution is 2.30. The smallest absolute Gasteiger partial charge is 0.321 e. The number of aliphatic carboxylic acids is 2. The lowest BCUT2D eigenvalue weighted by Crippen LogP contribution is -2.38. The Hall–Kier alpha value is -3.94. The zero-order valence-corrected chi connectivity index (χ0v) is 20.0. The molecule has 0 saturated heterocycles. The quantitative estimate of drug-likeness (QED) is 0.362. The van der Waals surface area contributed by atoms with Gasteiger partial charge in [0, 0.05) is 17.7 Å². The summed E-state index contributed by atoms with van der Waals surface area (Å²) in [5.74, 6) is -1.22. The molecule has 4 rings (SSSR count). The maximum Gasteiger partial charge on any atom is 0.321 e. The van der Waals surface area contributed by atoms with Gasteiger partial charge in [-0.3, -0.25) is 14.9 Å². The summed E-state index contributed by atoms with van der Waals surface area (Å²) in [7, 11) is 0. The standard InChI is InChI=1S/C25H24N4O6.ClH/c26-13-18-11-17(9-10-21(18)34-19-3-1-2-4-19)24-28-23(29-35-24)16-7-5-15(6-8-16)14-27-20(25(32)33)12-22(30)31;/h5-11,19-20,27H,1-4,12,14H2,(H,30,31)(H,32,33);1H. The van der Waals surface area contributed by atoms with Gasteiger partial charge >= 0.3 is 11.9 Å². The molecule has 3 aromatic rings. The highest BCUT2D eigenvalue weighted by molar-refractivity contribution is 5.85. The van der Waals surface area contributed by atoms with Gasteiger partial charge in [-0.1, -0.05) is 29.4 Å². The third-order valence-corrected chi connectivity index (χ3v) is 5.81. The van der Waals surface area contributed by atoms with Crippen LogP contribution in [-0.2, 0) is 16.1 Å². The third kappa shape index (κ3) is 6.59. The third-order valence-electron chi connectivity index (χ3n) is 5.81. The highest BCUT2D eigenvalue weighted by Gasteiger charge is 2.21. The van der Waals surface area contributed by atoms with E-state index >= 15 is 0 Å². The van der Waals surface area contributed by atoms with Gasteiger partial charge in [0.15, 0.2) is 0 Å². The van der Waals surface area contributed by atoms with E-state index in [0.29, 0.717) is 28.3 Å². The van der Waals surface area contributed by atoms with Crippen molar-refractivity contribution in [1.29, 1.82) is 5.26 Å². The maximum atomic E-state index is 11.2. The van der Waals surface area contributed by atoms with Gasteiger partial charge in [0.05, 0.1) is 18.1 Å². The number of aromatic nitrogens is 2. The minimum Gasteiger partial charge on any atom is -0.489 e. The lowest BCUT2D eigenvalue weighted by molar-refractivity contribution is -0.146. The lowest BCUT2D eigenvalue weighted by atomic mass is 10.1. The van der Waals surface area contributed by atoms with Crippen LogP contribution in [0.1, 0.15) is 43.2 Å². The first-order chi connectivity index (χ1) is 16.9. The van der Waals surface area contributed by atoms with Gasteiger partial charge in [-0.2, -0.15) is 10.2 Å². The maximum absolute atomic E-state index is 11.2. The second-order valence-electron chi connectivity index (χ2n) is 8.34. The SMILES string of the molecule is Cl.N#Cc1cc(-c2nc(-c3ccc(CNC(CC(=O)O)C(=O)O)cc3)no2)ccc1OC1CCCC1. The Balaban J connectivity index is 0.00000361. The second-order valence-corrected chi connectivity index (χ2v) is 8.34. The van der Waals surface area contributed by atoms with E-state index < -0.39 is 24.4 Å². The van der Waals surface area contributed by atoms with Crippen LogP contribution < -0.4 is 10.1 Å². The number of carboxylic acids is 2. The number of nitrogens with zero attached hydrogens (tertiary/aromatic N) is 3. The number of rotatable bonds is 10. The zero-order chi connectivity index (χ0) is 24.8. The van der Waals surface area contributed by atoms with Crippen molar-refractivity contribution in [1.82, 2.24) is 15.5 Å². The lowest BCUT2D eigenvalue weighted by Gasteiger charge is -2.14. The summed E-state index contributed by atoms with van der Waals surface area (Å²) in [6.07, 6.45) is 3.91. The van der Waals surface area contributed by atoms with Gasteiger partial charge in [-0.05, 0) is 49.4 Å². The van der Waals surface area contributed by atoms with Crippen molar-refractivity contribution in [3.05, 3.63) is 53.6 Å². The summed E-state index contributed by atoms with van der Waals surface area (Å²) in [4.78, 5) is 26.4. The minimum absolute atomic E-state index is 0. The molecule has 1 atom stereocenters. The first-order valence-electron chi connectivity index (χ1n) is 11.2. The first-order valence-corrected chi connectivity index (χ1v) is 11.2. The molecule has 1 unspecified atom stereocenters. The number of hydrogen-bond acceptors (Lipinski definition) is 8. The Kier molecular flexibility index (Phi) is 9.00. The summed E-state index contributed by atoms with van der Waals surface area (Å²) >= 11 is 0. The van der Waals surface area contributed by atoms with Crippen LogP contribution in [-0.4, -0.2) is 44.4 Å². The molecule has 10 nitrogen and oxygen atoms in total. The number of ether oxygens (including phenoxy) is 1. The molecule has 36 heavy (non-hydrogen) atoms. The van der Waals surface area contributed by atoms with Crippen LogP contribution in [0.5, 0.6) is 5.75 Å². The van der Waals surface area contributed by atoms with E-state index in [9.17, 15) is 14.9 Å². The molecule has 0 bridgehead atoms. The molecule has 3 N–H and O–H groups in total. The Morgan fingerprint density at radius 1 is 1.14 bits per heavy atom. The van der Waals surface area contributed by atoms with E-state index in [2.05, 4.69) is 21.5 Å². The van der Waals surface area contributed by atoms with Crippen LogP contribution in [0.3, 0.4) is 0 Å².